The number of hydrogen-bond acceptors (Lipinski definition) is 3. The van der Waals surface area contributed by atoms with Crippen molar-refractivity contribution in [1.82, 2.24) is 14.4 Å². The van der Waals surface area contributed by atoms with Crippen LogP contribution in [0.3, 0.4) is 0 Å². The highest BCUT2D eigenvalue weighted by Crippen LogP contribution is 2.20. The number of aromatic nitrogens is 1. The molecule has 0 aliphatic carbocycles. The molecule has 0 aromatic carbocycles. The number of nitriles is 1. The quantitative estimate of drug-likeness (QED) is 0.854. The molecule has 1 aliphatic heterocycles. The lowest BCUT2D eigenvalue weighted by molar-refractivity contribution is 0.0456. The fraction of sp³-hybridized carbons (Fsp3) is 0.706. The Morgan fingerprint density at radius 2 is 2.10 bits per heavy atom. The van der Waals surface area contributed by atoms with Gasteiger partial charge in [0.05, 0.1) is 0 Å². The maximum atomic E-state index is 9.15. The van der Waals surface area contributed by atoms with Gasteiger partial charge in [-0.05, 0) is 38.8 Å². The van der Waals surface area contributed by atoms with Gasteiger partial charge in [0.25, 0.3) is 0 Å². The minimum absolute atomic E-state index is 0.626. The molecule has 2 heterocycles. The molecule has 4 nitrogen and oxygen atoms in total. The highest BCUT2D eigenvalue weighted by molar-refractivity contribution is 5.34. The lowest BCUT2D eigenvalue weighted by Crippen LogP contribution is -2.54. The predicted molar refractivity (Wildman–Crippen MR) is 86.1 cm³/mol. The van der Waals surface area contributed by atoms with Crippen LogP contribution in [0.5, 0.6) is 0 Å². The van der Waals surface area contributed by atoms with Gasteiger partial charge in [0, 0.05) is 51.0 Å². The molecule has 21 heavy (non-hydrogen) atoms. The number of piperazine rings is 1. The molecule has 0 amide bonds. The van der Waals surface area contributed by atoms with Gasteiger partial charge in [-0.25, -0.2) is 0 Å². The SMILES string of the molecule is CC[C@H]1CN(Cc2cc(C#N)n(C)c2C)CCN1C(C)C. The summed E-state index contributed by atoms with van der Waals surface area (Å²) in [5, 5.41) is 9.15. The summed E-state index contributed by atoms with van der Waals surface area (Å²) in [6.07, 6.45) is 1.20. The average Bonchev–Trinajstić information content (AvgIpc) is 2.74. The van der Waals surface area contributed by atoms with E-state index < -0.39 is 0 Å². The maximum absolute atomic E-state index is 9.15. The summed E-state index contributed by atoms with van der Waals surface area (Å²) in [7, 11) is 1.98. The van der Waals surface area contributed by atoms with E-state index in [-0.39, 0.29) is 0 Å². The van der Waals surface area contributed by atoms with Crippen molar-refractivity contribution in [3.05, 3.63) is 23.0 Å². The predicted octanol–water partition coefficient (Wildman–Crippen LogP) is 2.51. The van der Waals surface area contributed by atoms with E-state index in [0.29, 0.717) is 12.1 Å². The Morgan fingerprint density at radius 1 is 1.38 bits per heavy atom. The molecular formula is C17H28N4. The zero-order chi connectivity index (χ0) is 15.6. The first-order chi connectivity index (χ1) is 9.97. The van der Waals surface area contributed by atoms with Gasteiger partial charge in [0.2, 0.25) is 0 Å². The molecule has 0 saturated carbocycles. The third-order valence-corrected chi connectivity index (χ3v) is 4.90. The standard InChI is InChI=1S/C17H28N4/c1-6-16-12-20(7-8-21(16)13(2)3)11-15-9-17(10-18)19(5)14(15)4/h9,13,16H,6-8,11-12H2,1-5H3/t16-/m0/s1. The Hall–Kier alpha value is -1.31. The summed E-state index contributed by atoms with van der Waals surface area (Å²) in [5.41, 5.74) is 3.27. The summed E-state index contributed by atoms with van der Waals surface area (Å²) < 4.78 is 2.00. The summed E-state index contributed by atoms with van der Waals surface area (Å²) in [6.45, 7) is 13.3. The van der Waals surface area contributed by atoms with Gasteiger partial charge >= 0.3 is 0 Å². The van der Waals surface area contributed by atoms with Gasteiger partial charge in [-0.1, -0.05) is 6.92 Å². The Bertz CT molecular complexity index is 524. The highest BCUT2D eigenvalue weighted by atomic mass is 15.3. The first kappa shape index (κ1) is 16.1. The van der Waals surface area contributed by atoms with Crippen molar-refractivity contribution >= 4 is 0 Å². The van der Waals surface area contributed by atoms with Crippen molar-refractivity contribution in [3.8, 4) is 6.07 Å². The number of rotatable bonds is 4. The van der Waals surface area contributed by atoms with Gasteiger partial charge in [-0.3, -0.25) is 9.80 Å². The van der Waals surface area contributed by atoms with E-state index in [4.69, 9.17) is 5.26 Å². The molecule has 1 aliphatic rings. The summed E-state index contributed by atoms with van der Waals surface area (Å²) in [5.74, 6) is 0. The first-order valence-electron chi connectivity index (χ1n) is 8.01. The van der Waals surface area contributed by atoms with Crippen molar-refractivity contribution in [2.24, 2.45) is 7.05 Å². The summed E-state index contributed by atoms with van der Waals surface area (Å²) in [6, 6.07) is 5.60. The smallest absolute Gasteiger partial charge is 0.120 e. The second kappa shape index (κ2) is 6.64. The van der Waals surface area contributed by atoms with Crippen molar-refractivity contribution in [3.63, 3.8) is 0 Å². The van der Waals surface area contributed by atoms with E-state index in [1.165, 1.54) is 17.7 Å². The van der Waals surface area contributed by atoms with Crippen LogP contribution in [0.15, 0.2) is 6.07 Å². The van der Waals surface area contributed by atoms with Gasteiger partial charge in [-0.15, -0.1) is 0 Å². The Labute approximate surface area is 129 Å². The third kappa shape index (κ3) is 3.30. The maximum Gasteiger partial charge on any atom is 0.120 e. The lowest BCUT2D eigenvalue weighted by Gasteiger charge is -2.43. The fourth-order valence-corrected chi connectivity index (χ4v) is 3.39. The fourth-order valence-electron chi connectivity index (χ4n) is 3.39. The van der Waals surface area contributed by atoms with Crippen molar-refractivity contribution in [1.29, 1.82) is 5.26 Å². The molecule has 1 aromatic heterocycles. The van der Waals surface area contributed by atoms with Crippen LogP contribution in [0.2, 0.25) is 0 Å². The topological polar surface area (TPSA) is 35.2 Å². The Balaban J connectivity index is 2.07. The zero-order valence-electron chi connectivity index (χ0n) is 14.1. The van der Waals surface area contributed by atoms with Gasteiger partial charge in [0.15, 0.2) is 0 Å². The van der Waals surface area contributed by atoms with Crippen molar-refractivity contribution < 1.29 is 0 Å². The van der Waals surface area contributed by atoms with Crippen molar-refractivity contribution in [2.75, 3.05) is 19.6 Å². The monoisotopic (exact) mass is 288 g/mol. The third-order valence-electron chi connectivity index (χ3n) is 4.90. The van der Waals surface area contributed by atoms with E-state index in [0.717, 1.165) is 31.9 Å². The molecule has 0 unspecified atom stereocenters. The van der Waals surface area contributed by atoms with Gasteiger partial charge < -0.3 is 4.57 Å². The molecule has 0 radical (unpaired) electrons. The largest absolute Gasteiger partial charge is 0.340 e. The van der Waals surface area contributed by atoms with Crippen LogP contribution in [0.4, 0.5) is 0 Å². The molecule has 0 spiro atoms. The van der Waals surface area contributed by atoms with Crippen LogP contribution in [0.25, 0.3) is 0 Å². The molecule has 1 atom stereocenters. The van der Waals surface area contributed by atoms with E-state index in [9.17, 15) is 0 Å². The normalized spacial score (nSPS) is 20.9. The molecule has 1 fully saturated rings. The Kier molecular flexibility index (Phi) is 5.08. The molecule has 1 saturated heterocycles. The van der Waals surface area contributed by atoms with Crippen LogP contribution < -0.4 is 0 Å². The van der Waals surface area contributed by atoms with E-state index >= 15 is 0 Å². The molecule has 4 heteroatoms. The number of hydrogen-bond donors (Lipinski definition) is 0. The second-order valence-corrected chi connectivity index (χ2v) is 6.44. The summed E-state index contributed by atoms with van der Waals surface area (Å²) >= 11 is 0. The molecule has 116 valence electrons. The van der Waals surface area contributed by atoms with Crippen LogP contribution in [0, 0.1) is 18.3 Å². The van der Waals surface area contributed by atoms with E-state index in [1.807, 2.05) is 17.7 Å². The molecule has 1 aromatic rings. The molecule has 0 bridgehead atoms. The van der Waals surface area contributed by atoms with Crippen LogP contribution in [-0.2, 0) is 13.6 Å². The Morgan fingerprint density at radius 3 is 2.62 bits per heavy atom. The number of nitrogens with zero attached hydrogens (tertiary/aromatic N) is 4. The van der Waals surface area contributed by atoms with Crippen LogP contribution >= 0.6 is 0 Å². The van der Waals surface area contributed by atoms with Gasteiger partial charge in [0.1, 0.15) is 11.8 Å². The average molecular weight is 288 g/mol. The van der Waals surface area contributed by atoms with Gasteiger partial charge in [-0.2, -0.15) is 5.26 Å². The lowest BCUT2D eigenvalue weighted by atomic mass is 10.1. The minimum Gasteiger partial charge on any atom is -0.340 e. The van der Waals surface area contributed by atoms with Crippen LogP contribution in [0.1, 0.15) is 44.1 Å². The molecule has 2 rings (SSSR count). The summed E-state index contributed by atoms with van der Waals surface area (Å²) in [4.78, 5) is 5.16. The minimum atomic E-state index is 0.626. The zero-order valence-corrected chi connectivity index (χ0v) is 14.1. The first-order valence-corrected chi connectivity index (χ1v) is 8.01. The second-order valence-electron chi connectivity index (χ2n) is 6.44. The van der Waals surface area contributed by atoms with E-state index in [2.05, 4.69) is 43.6 Å². The van der Waals surface area contributed by atoms with Crippen LogP contribution in [-0.4, -0.2) is 46.1 Å². The molecule has 0 N–H and O–H groups in total. The van der Waals surface area contributed by atoms with Crippen molar-refractivity contribution in [2.45, 2.75) is 52.7 Å². The van der Waals surface area contributed by atoms with E-state index in [1.54, 1.807) is 0 Å². The highest BCUT2D eigenvalue weighted by Gasteiger charge is 2.27. The molecular weight excluding hydrogens is 260 g/mol.